The van der Waals surface area contributed by atoms with Crippen LogP contribution in [0.25, 0.3) is 10.9 Å². The first-order chi connectivity index (χ1) is 15.0. The van der Waals surface area contributed by atoms with E-state index in [4.69, 9.17) is 9.47 Å². The molecule has 0 spiro atoms. The molecule has 4 rings (SSSR count). The Morgan fingerprint density at radius 1 is 1.16 bits per heavy atom. The standard InChI is InChI=1S/C24H25FN2O4/c1-2-30-23(28)14-27-21-10-8-17(25)12-19(21)20-13-18(9-11-22(20)27)26-24(29)31-15-16-6-4-3-5-7-16/h3-8,10,12,18H,2,9,11,13-15H2,1H3,(H,26,29)/t18-/m0/s1. The Balaban J connectivity index is 1.50. The van der Waals surface area contributed by atoms with Gasteiger partial charge in [0.15, 0.2) is 0 Å². The summed E-state index contributed by atoms with van der Waals surface area (Å²) in [6, 6.07) is 13.9. The third-order valence-electron chi connectivity index (χ3n) is 5.56. The monoisotopic (exact) mass is 424 g/mol. The molecule has 0 bridgehead atoms. The highest BCUT2D eigenvalue weighted by atomic mass is 19.1. The van der Waals surface area contributed by atoms with Crippen LogP contribution in [0.15, 0.2) is 48.5 Å². The number of halogens is 1. The van der Waals surface area contributed by atoms with Crippen molar-refractivity contribution in [3.63, 3.8) is 0 Å². The van der Waals surface area contributed by atoms with Crippen molar-refractivity contribution >= 4 is 23.0 Å². The van der Waals surface area contributed by atoms with Crippen LogP contribution in [0.3, 0.4) is 0 Å². The van der Waals surface area contributed by atoms with Crippen LogP contribution in [0.4, 0.5) is 9.18 Å². The Bertz CT molecular complexity index is 1090. The number of nitrogens with zero attached hydrogens (tertiary/aromatic N) is 1. The van der Waals surface area contributed by atoms with Crippen LogP contribution in [0.1, 0.15) is 30.2 Å². The first-order valence-corrected chi connectivity index (χ1v) is 10.5. The molecule has 0 unspecified atom stereocenters. The number of carbonyl (C=O) groups excluding carboxylic acids is 2. The predicted octanol–water partition coefficient (Wildman–Crippen LogP) is 4.13. The highest BCUT2D eigenvalue weighted by Gasteiger charge is 2.27. The molecule has 1 aromatic heterocycles. The number of hydrogen-bond donors (Lipinski definition) is 1. The zero-order valence-electron chi connectivity index (χ0n) is 17.4. The van der Waals surface area contributed by atoms with Gasteiger partial charge in [-0.15, -0.1) is 0 Å². The van der Waals surface area contributed by atoms with Gasteiger partial charge in [-0.1, -0.05) is 30.3 Å². The molecular formula is C24H25FN2O4. The van der Waals surface area contributed by atoms with E-state index in [-0.39, 0.29) is 31.0 Å². The summed E-state index contributed by atoms with van der Waals surface area (Å²) in [6.45, 7) is 2.37. The quantitative estimate of drug-likeness (QED) is 0.604. The molecule has 0 saturated carbocycles. The van der Waals surface area contributed by atoms with Crippen LogP contribution in [0, 0.1) is 5.82 Å². The molecule has 0 saturated heterocycles. The van der Waals surface area contributed by atoms with Gasteiger partial charge in [0.1, 0.15) is 19.0 Å². The molecule has 6 nitrogen and oxygen atoms in total. The van der Waals surface area contributed by atoms with Crippen molar-refractivity contribution < 1.29 is 23.5 Å². The van der Waals surface area contributed by atoms with Crippen LogP contribution < -0.4 is 5.32 Å². The first kappa shape index (κ1) is 20.9. The summed E-state index contributed by atoms with van der Waals surface area (Å²) in [4.78, 5) is 24.4. The second kappa shape index (κ2) is 9.20. The van der Waals surface area contributed by atoms with Gasteiger partial charge in [-0.2, -0.15) is 0 Å². The van der Waals surface area contributed by atoms with Crippen molar-refractivity contribution in [3.8, 4) is 0 Å². The van der Waals surface area contributed by atoms with Crippen LogP contribution >= 0.6 is 0 Å². The Morgan fingerprint density at radius 2 is 1.97 bits per heavy atom. The number of alkyl carbamates (subject to hydrolysis) is 1. The Labute approximate surface area is 179 Å². The van der Waals surface area contributed by atoms with E-state index in [2.05, 4.69) is 5.32 Å². The van der Waals surface area contributed by atoms with E-state index in [9.17, 15) is 14.0 Å². The molecule has 1 atom stereocenters. The minimum absolute atomic E-state index is 0.0858. The zero-order chi connectivity index (χ0) is 21.8. The fourth-order valence-corrected chi connectivity index (χ4v) is 4.19. The summed E-state index contributed by atoms with van der Waals surface area (Å²) in [5, 5.41) is 3.69. The van der Waals surface area contributed by atoms with E-state index in [1.807, 2.05) is 34.9 Å². The number of benzene rings is 2. The molecule has 0 radical (unpaired) electrons. The molecule has 7 heteroatoms. The number of esters is 1. The number of aromatic nitrogens is 1. The summed E-state index contributed by atoms with van der Waals surface area (Å²) < 4.78 is 26.3. The van der Waals surface area contributed by atoms with Crippen LogP contribution in [0.5, 0.6) is 0 Å². The van der Waals surface area contributed by atoms with Gasteiger partial charge in [0, 0.05) is 22.6 Å². The normalized spacial score (nSPS) is 15.4. The van der Waals surface area contributed by atoms with E-state index in [0.29, 0.717) is 25.9 Å². The fourth-order valence-electron chi connectivity index (χ4n) is 4.19. The van der Waals surface area contributed by atoms with Gasteiger partial charge in [-0.3, -0.25) is 4.79 Å². The van der Waals surface area contributed by atoms with Gasteiger partial charge in [0.25, 0.3) is 0 Å². The van der Waals surface area contributed by atoms with Crippen molar-refractivity contribution in [2.45, 2.75) is 45.4 Å². The molecule has 0 aliphatic heterocycles. The lowest BCUT2D eigenvalue weighted by atomic mass is 9.91. The molecule has 2 aromatic carbocycles. The maximum Gasteiger partial charge on any atom is 0.407 e. The maximum absolute atomic E-state index is 14.0. The van der Waals surface area contributed by atoms with Gasteiger partial charge in [0.05, 0.1) is 6.61 Å². The molecular weight excluding hydrogens is 399 g/mol. The number of fused-ring (bicyclic) bond motifs is 3. The second-order valence-electron chi connectivity index (χ2n) is 7.62. The molecule has 1 N–H and O–H groups in total. The average molecular weight is 424 g/mol. The summed E-state index contributed by atoms with van der Waals surface area (Å²) >= 11 is 0. The molecule has 0 fully saturated rings. The summed E-state index contributed by atoms with van der Waals surface area (Å²) in [5.74, 6) is -0.655. The lowest BCUT2D eigenvalue weighted by Crippen LogP contribution is -2.39. The number of amides is 1. The highest BCUT2D eigenvalue weighted by Crippen LogP contribution is 2.33. The number of hydrogen-bond acceptors (Lipinski definition) is 4. The number of ether oxygens (including phenoxy) is 2. The van der Waals surface area contributed by atoms with E-state index in [1.165, 1.54) is 12.1 Å². The fraction of sp³-hybridized carbons (Fsp3) is 0.333. The Kier molecular flexibility index (Phi) is 6.21. The summed E-state index contributed by atoms with van der Waals surface area (Å²) in [6.07, 6.45) is 1.44. The van der Waals surface area contributed by atoms with Gasteiger partial charge in [0.2, 0.25) is 0 Å². The maximum atomic E-state index is 14.0. The topological polar surface area (TPSA) is 69.6 Å². The Morgan fingerprint density at radius 3 is 2.74 bits per heavy atom. The van der Waals surface area contributed by atoms with Gasteiger partial charge in [-0.25, -0.2) is 9.18 Å². The molecule has 1 amide bonds. The summed E-state index contributed by atoms with van der Waals surface area (Å²) in [5.41, 5.74) is 3.66. The third-order valence-corrected chi connectivity index (χ3v) is 5.56. The van der Waals surface area contributed by atoms with Gasteiger partial charge in [-0.05, 0) is 55.5 Å². The molecule has 1 aliphatic carbocycles. The first-order valence-electron chi connectivity index (χ1n) is 10.5. The number of rotatable bonds is 6. The molecule has 1 heterocycles. The van der Waals surface area contributed by atoms with Crippen LogP contribution in [-0.2, 0) is 40.3 Å². The molecule has 31 heavy (non-hydrogen) atoms. The molecule has 1 aliphatic rings. The zero-order valence-corrected chi connectivity index (χ0v) is 17.4. The van der Waals surface area contributed by atoms with Crippen molar-refractivity contribution in [3.05, 3.63) is 71.2 Å². The highest BCUT2D eigenvalue weighted by molar-refractivity contribution is 5.87. The second-order valence-corrected chi connectivity index (χ2v) is 7.62. The van der Waals surface area contributed by atoms with E-state index >= 15 is 0 Å². The lowest BCUT2D eigenvalue weighted by molar-refractivity contribution is -0.143. The van der Waals surface area contributed by atoms with Crippen molar-refractivity contribution in [2.75, 3.05) is 6.61 Å². The van der Waals surface area contributed by atoms with Gasteiger partial charge < -0.3 is 19.4 Å². The minimum Gasteiger partial charge on any atom is -0.465 e. The number of carbonyl (C=O) groups is 2. The number of nitrogens with one attached hydrogen (secondary N) is 1. The van der Waals surface area contributed by atoms with Crippen LogP contribution in [0.2, 0.25) is 0 Å². The minimum atomic E-state index is -0.473. The summed E-state index contributed by atoms with van der Waals surface area (Å²) in [7, 11) is 0. The van der Waals surface area contributed by atoms with Gasteiger partial charge >= 0.3 is 12.1 Å². The van der Waals surface area contributed by atoms with Crippen molar-refractivity contribution in [1.29, 1.82) is 0 Å². The smallest absolute Gasteiger partial charge is 0.407 e. The Hall–Kier alpha value is -3.35. The lowest BCUT2D eigenvalue weighted by Gasteiger charge is -2.24. The molecule has 162 valence electrons. The predicted molar refractivity (Wildman–Crippen MR) is 114 cm³/mol. The van der Waals surface area contributed by atoms with E-state index < -0.39 is 6.09 Å². The SMILES string of the molecule is CCOC(=O)Cn1c2c(c3cc(F)ccc31)C[C@@H](NC(=O)OCc1ccccc1)CC2. The van der Waals surface area contributed by atoms with E-state index in [1.54, 1.807) is 13.0 Å². The third kappa shape index (κ3) is 4.71. The van der Waals surface area contributed by atoms with Crippen LogP contribution in [-0.4, -0.2) is 29.3 Å². The average Bonchev–Trinajstić information content (AvgIpc) is 3.05. The molecule has 3 aromatic rings. The van der Waals surface area contributed by atoms with Crippen molar-refractivity contribution in [2.24, 2.45) is 0 Å². The largest absolute Gasteiger partial charge is 0.465 e. The van der Waals surface area contributed by atoms with Crippen molar-refractivity contribution in [1.82, 2.24) is 9.88 Å². The van der Waals surface area contributed by atoms with E-state index in [0.717, 1.165) is 27.7 Å².